The van der Waals surface area contributed by atoms with Crippen molar-refractivity contribution in [3.63, 3.8) is 0 Å². The van der Waals surface area contributed by atoms with Crippen molar-refractivity contribution in [1.82, 2.24) is 0 Å². The predicted molar refractivity (Wildman–Crippen MR) is 173 cm³/mol. The van der Waals surface area contributed by atoms with Gasteiger partial charge >= 0.3 is 5.97 Å². The monoisotopic (exact) mass is 588 g/mol. The van der Waals surface area contributed by atoms with Crippen LogP contribution >= 0.6 is 0 Å². The van der Waals surface area contributed by atoms with Crippen LogP contribution in [0.5, 0.6) is 5.75 Å². The molecule has 5 aliphatic carbocycles. The molecule has 6 rings (SSSR count). The maximum Gasteiger partial charge on any atom is 0.331 e. The molecule has 0 amide bonds. The van der Waals surface area contributed by atoms with E-state index in [9.17, 15) is 15.0 Å². The highest BCUT2D eigenvalue weighted by Crippen LogP contribution is 2.77. The number of allylic oxidation sites excluding steroid dienone is 1. The fraction of sp³-hybridized carbons (Fsp3) is 0.718. The van der Waals surface area contributed by atoms with Crippen molar-refractivity contribution in [2.24, 2.45) is 56.7 Å². The second-order valence-corrected chi connectivity index (χ2v) is 17.1. The van der Waals surface area contributed by atoms with Crippen LogP contribution in [-0.4, -0.2) is 28.4 Å². The third-order valence-electron chi connectivity index (χ3n) is 15.1. The highest BCUT2D eigenvalue weighted by Gasteiger charge is 2.72. The maximum atomic E-state index is 13.0. The number of aliphatic hydroxyl groups excluding tert-OH is 1. The second kappa shape index (κ2) is 10.2. The minimum atomic E-state index is -0.286. The van der Waals surface area contributed by atoms with Crippen LogP contribution in [0.3, 0.4) is 0 Å². The fourth-order valence-corrected chi connectivity index (χ4v) is 12.6. The molecular weight excluding hydrogens is 532 g/mol. The number of phenols is 1. The first kappa shape index (κ1) is 30.9. The van der Waals surface area contributed by atoms with Gasteiger partial charge in [0.1, 0.15) is 11.9 Å². The van der Waals surface area contributed by atoms with Gasteiger partial charge in [0.25, 0.3) is 0 Å². The van der Waals surface area contributed by atoms with Crippen molar-refractivity contribution in [1.29, 1.82) is 0 Å². The first-order chi connectivity index (χ1) is 20.1. The van der Waals surface area contributed by atoms with Crippen LogP contribution in [0.15, 0.2) is 42.5 Å². The van der Waals surface area contributed by atoms with Crippen molar-refractivity contribution in [2.45, 2.75) is 118 Å². The molecule has 43 heavy (non-hydrogen) atoms. The molecule has 11 unspecified atom stereocenters. The summed E-state index contributed by atoms with van der Waals surface area (Å²) in [6.45, 7) is 21.5. The minimum absolute atomic E-state index is 0.0127. The largest absolute Gasteiger partial charge is 0.508 e. The highest BCUT2D eigenvalue weighted by atomic mass is 16.5. The molecule has 5 fully saturated rings. The van der Waals surface area contributed by atoms with Crippen molar-refractivity contribution < 1.29 is 19.7 Å². The van der Waals surface area contributed by atoms with Gasteiger partial charge in [0, 0.05) is 11.5 Å². The summed E-state index contributed by atoms with van der Waals surface area (Å²) in [5.74, 6) is 2.71. The van der Waals surface area contributed by atoms with E-state index in [0.29, 0.717) is 29.6 Å². The first-order valence-corrected chi connectivity index (χ1v) is 17.1. The van der Waals surface area contributed by atoms with Crippen LogP contribution in [0.1, 0.15) is 112 Å². The van der Waals surface area contributed by atoms with Gasteiger partial charge in [-0.3, -0.25) is 0 Å². The Morgan fingerprint density at radius 3 is 2.23 bits per heavy atom. The lowest BCUT2D eigenvalue weighted by Gasteiger charge is -2.73. The van der Waals surface area contributed by atoms with Crippen molar-refractivity contribution in [2.75, 3.05) is 0 Å². The minimum Gasteiger partial charge on any atom is -0.508 e. The van der Waals surface area contributed by atoms with Crippen LogP contribution < -0.4 is 0 Å². The zero-order valence-electron chi connectivity index (χ0n) is 27.8. The van der Waals surface area contributed by atoms with Crippen LogP contribution in [0, 0.1) is 56.7 Å². The smallest absolute Gasteiger partial charge is 0.331 e. The number of aliphatic hydroxyl groups is 1. The zero-order valence-corrected chi connectivity index (χ0v) is 27.8. The van der Waals surface area contributed by atoms with Gasteiger partial charge < -0.3 is 14.9 Å². The average molecular weight is 589 g/mol. The number of hydrogen-bond donors (Lipinski definition) is 2. The molecule has 0 radical (unpaired) electrons. The summed E-state index contributed by atoms with van der Waals surface area (Å²) in [4.78, 5) is 13.0. The number of aromatic hydroxyl groups is 1. The molecule has 0 aliphatic heterocycles. The molecule has 0 saturated heterocycles. The zero-order chi connectivity index (χ0) is 31.2. The van der Waals surface area contributed by atoms with Crippen LogP contribution in [0.4, 0.5) is 0 Å². The Bertz CT molecular complexity index is 1290. The number of carbonyl (C=O) groups is 1. The molecule has 1 aromatic carbocycles. The van der Waals surface area contributed by atoms with Crippen LogP contribution in [0.25, 0.3) is 6.08 Å². The summed E-state index contributed by atoms with van der Waals surface area (Å²) in [7, 11) is 0. The third-order valence-corrected chi connectivity index (χ3v) is 15.1. The Hall–Kier alpha value is -2.07. The molecule has 1 aromatic rings. The molecule has 0 spiro atoms. The number of carbonyl (C=O) groups excluding carboxylic acids is 1. The molecule has 5 aliphatic rings. The number of rotatable bonds is 4. The van der Waals surface area contributed by atoms with E-state index in [4.69, 9.17) is 4.74 Å². The molecule has 4 heteroatoms. The molecule has 5 saturated carbocycles. The standard InChI is InChI=1S/C39H56O4/c1-24(2)27-17-20-37(6)31(41)23-39(8)28(34(27)37)14-15-30-36(5)21-19-32(35(3,4)29(36)18-22-38(30,39)7)43-33(42)16-11-25-9-12-26(40)13-10-25/h9-13,16,27-32,34,40-41H,1,14-15,17-23H2,2-8H3. The molecule has 236 valence electrons. The summed E-state index contributed by atoms with van der Waals surface area (Å²) < 4.78 is 6.20. The molecule has 4 nitrogen and oxygen atoms in total. The SMILES string of the molecule is C=C(C)C1CCC2(C)C(O)CC3(C)C(CCC4C5(C)CCC(OC(=O)C=Cc6ccc(O)cc6)C(C)(C)C5CCC43C)C12. The number of hydrogen-bond acceptors (Lipinski definition) is 4. The van der Waals surface area contributed by atoms with Gasteiger partial charge in [0.15, 0.2) is 0 Å². The predicted octanol–water partition coefficient (Wildman–Crippen LogP) is 8.97. The Labute approximate surface area is 260 Å². The topological polar surface area (TPSA) is 66.8 Å². The number of benzene rings is 1. The molecule has 0 heterocycles. The molecule has 0 bridgehead atoms. The summed E-state index contributed by atoms with van der Waals surface area (Å²) in [6.07, 6.45) is 13.0. The lowest BCUT2D eigenvalue weighted by atomic mass is 9.32. The van der Waals surface area contributed by atoms with E-state index in [0.717, 1.165) is 37.7 Å². The molecule has 0 aromatic heterocycles. The second-order valence-electron chi connectivity index (χ2n) is 17.1. The number of esters is 1. The fourth-order valence-electron chi connectivity index (χ4n) is 12.6. The lowest BCUT2D eigenvalue weighted by Crippen LogP contribution is -2.68. The molecule has 2 N–H and O–H groups in total. The van der Waals surface area contributed by atoms with E-state index < -0.39 is 0 Å². The van der Waals surface area contributed by atoms with Crippen LogP contribution in [-0.2, 0) is 9.53 Å². The normalized spacial score (nSPS) is 46.7. The molecular formula is C39H56O4. The third kappa shape index (κ3) is 4.43. The molecule has 11 atom stereocenters. The Morgan fingerprint density at radius 2 is 1.56 bits per heavy atom. The van der Waals surface area contributed by atoms with E-state index in [2.05, 4.69) is 55.0 Å². The van der Waals surface area contributed by atoms with E-state index in [1.54, 1.807) is 30.3 Å². The van der Waals surface area contributed by atoms with Gasteiger partial charge in [0.05, 0.1) is 6.10 Å². The van der Waals surface area contributed by atoms with Crippen molar-refractivity contribution in [3.05, 3.63) is 48.1 Å². The van der Waals surface area contributed by atoms with Gasteiger partial charge in [-0.1, -0.05) is 65.8 Å². The lowest BCUT2D eigenvalue weighted by molar-refractivity contribution is -0.262. The van der Waals surface area contributed by atoms with Crippen LogP contribution in [0.2, 0.25) is 0 Å². The van der Waals surface area contributed by atoms with E-state index >= 15 is 0 Å². The van der Waals surface area contributed by atoms with Gasteiger partial charge in [-0.05, 0) is 140 Å². The Balaban J connectivity index is 1.24. The first-order valence-electron chi connectivity index (χ1n) is 17.1. The van der Waals surface area contributed by atoms with Gasteiger partial charge in [-0.2, -0.15) is 0 Å². The summed E-state index contributed by atoms with van der Waals surface area (Å²) >= 11 is 0. The summed E-state index contributed by atoms with van der Waals surface area (Å²) in [5, 5.41) is 21.4. The van der Waals surface area contributed by atoms with E-state index in [1.165, 1.54) is 37.3 Å². The van der Waals surface area contributed by atoms with Crippen molar-refractivity contribution in [3.8, 4) is 5.75 Å². The Morgan fingerprint density at radius 1 is 0.884 bits per heavy atom. The van der Waals surface area contributed by atoms with E-state index in [1.807, 2.05) is 0 Å². The van der Waals surface area contributed by atoms with Gasteiger partial charge in [-0.15, -0.1) is 0 Å². The number of fused-ring (bicyclic) bond motifs is 7. The van der Waals surface area contributed by atoms with Crippen molar-refractivity contribution >= 4 is 12.0 Å². The number of phenolic OH excluding ortho intramolecular Hbond substituents is 1. The summed E-state index contributed by atoms with van der Waals surface area (Å²) in [6, 6.07) is 6.83. The number of ether oxygens (including phenoxy) is 1. The summed E-state index contributed by atoms with van der Waals surface area (Å²) in [5.41, 5.74) is 2.55. The Kier molecular flexibility index (Phi) is 7.36. The van der Waals surface area contributed by atoms with Gasteiger partial charge in [-0.25, -0.2) is 4.79 Å². The maximum absolute atomic E-state index is 13.0. The van der Waals surface area contributed by atoms with Gasteiger partial charge in [0.2, 0.25) is 0 Å². The average Bonchev–Trinajstić information content (AvgIpc) is 3.30. The van der Waals surface area contributed by atoms with E-state index in [-0.39, 0.29) is 51.0 Å². The quantitative estimate of drug-likeness (QED) is 0.209. The highest BCUT2D eigenvalue weighted by molar-refractivity contribution is 5.87.